The number of benzene rings is 1. The molecule has 12 heavy (non-hydrogen) atoms. The summed E-state index contributed by atoms with van der Waals surface area (Å²) in [6, 6.07) is 8.14. The summed E-state index contributed by atoms with van der Waals surface area (Å²) in [6.07, 6.45) is 1.65. The molecule has 2 N–H and O–H groups in total. The normalized spacial score (nSPS) is 16.0. The standard InChI is InChI=1S/C10H11NO/c11-10(12)9-5-7-3-1-2-4-8(7)6-9/h1-4,9H,5-6H2,(H2,11,12). The van der Waals surface area contributed by atoms with Gasteiger partial charge in [0.2, 0.25) is 5.91 Å². The van der Waals surface area contributed by atoms with E-state index in [0.29, 0.717) is 0 Å². The molecule has 0 saturated heterocycles. The molecule has 0 fully saturated rings. The van der Waals surface area contributed by atoms with E-state index in [9.17, 15) is 4.79 Å². The SMILES string of the molecule is NC(=O)C1Cc2ccccc2C1. The van der Waals surface area contributed by atoms with E-state index in [0.717, 1.165) is 12.8 Å². The topological polar surface area (TPSA) is 43.1 Å². The van der Waals surface area contributed by atoms with Gasteiger partial charge in [-0.15, -0.1) is 0 Å². The number of rotatable bonds is 1. The molecule has 2 heteroatoms. The van der Waals surface area contributed by atoms with Crippen LogP contribution in [-0.2, 0) is 17.6 Å². The highest BCUT2D eigenvalue weighted by atomic mass is 16.1. The van der Waals surface area contributed by atoms with Crippen LogP contribution in [0.5, 0.6) is 0 Å². The third kappa shape index (κ3) is 1.09. The Morgan fingerprint density at radius 2 is 1.75 bits per heavy atom. The molecule has 0 heterocycles. The Bertz CT molecular complexity index is 294. The van der Waals surface area contributed by atoms with Gasteiger partial charge in [0.15, 0.2) is 0 Å². The number of hydrogen-bond donors (Lipinski definition) is 1. The van der Waals surface area contributed by atoms with Crippen molar-refractivity contribution in [1.29, 1.82) is 0 Å². The van der Waals surface area contributed by atoms with Gasteiger partial charge < -0.3 is 5.73 Å². The Morgan fingerprint density at radius 1 is 1.25 bits per heavy atom. The zero-order valence-electron chi connectivity index (χ0n) is 6.79. The van der Waals surface area contributed by atoms with Crippen LogP contribution >= 0.6 is 0 Å². The fraction of sp³-hybridized carbons (Fsp3) is 0.300. The molecule has 1 aliphatic rings. The van der Waals surface area contributed by atoms with Gasteiger partial charge >= 0.3 is 0 Å². The maximum atomic E-state index is 10.9. The van der Waals surface area contributed by atoms with E-state index in [1.807, 2.05) is 12.1 Å². The number of amides is 1. The largest absolute Gasteiger partial charge is 0.369 e. The number of primary amides is 1. The van der Waals surface area contributed by atoms with Crippen LogP contribution in [0.15, 0.2) is 24.3 Å². The summed E-state index contributed by atoms with van der Waals surface area (Å²) in [5.41, 5.74) is 7.80. The molecule has 1 amide bonds. The molecule has 2 nitrogen and oxygen atoms in total. The van der Waals surface area contributed by atoms with Gasteiger partial charge in [0.05, 0.1) is 0 Å². The molecule has 0 unspecified atom stereocenters. The molecule has 0 bridgehead atoms. The summed E-state index contributed by atoms with van der Waals surface area (Å²) in [5, 5.41) is 0. The Labute approximate surface area is 71.4 Å². The summed E-state index contributed by atoms with van der Waals surface area (Å²) >= 11 is 0. The average Bonchev–Trinajstić information content (AvgIpc) is 2.46. The number of carbonyl (C=O) groups excluding carboxylic acids is 1. The van der Waals surface area contributed by atoms with Crippen molar-refractivity contribution < 1.29 is 4.79 Å². The molecule has 0 radical (unpaired) electrons. The Hall–Kier alpha value is -1.31. The van der Waals surface area contributed by atoms with Gasteiger partial charge in [-0.3, -0.25) is 4.79 Å². The molecule has 1 aromatic rings. The van der Waals surface area contributed by atoms with Crippen molar-refractivity contribution in [2.75, 3.05) is 0 Å². The summed E-state index contributed by atoms with van der Waals surface area (Å²) in [5.74, 6) is -0.145. The maximum Gasteiger partial charge on any atom is 0.221 e. The second kappa shape index (κ2) is 2.63. The first-order chi connectivity index (χ1) is 5.77. The third-order valence-electron chi connectivity index (χ3n) is 2.45. The van der Waals surface area contributed by atoms with E-state index in [1.165, 1.54) is 11.1 Å². The minimum absolute atomic E-state index is 0.0300. The summed E-state index contributed by atoms with van der Waals surface area (Å²) in [4.78, 5) is 10.9. The van der Waals surface area contributed by atoms with Crippen molar-refractivity contribution in [1.82, 2.24) is 0 Å². The van der Waals surface area contributed by atoms with Crippen LogP contribution in [-0.4, -0.2) is 5.91 Å². The van der Waals surface area contributed by atoms with Crippen molar-refractivity contribution in [3.05, 3.63) is 35.4 Å². The molecule has 0 aliphatic heterocycles. The molecular weight excluding hydrogens is 150 g/mol. The van der Waals surface area contributed by atoms with Gasteiger partial charge in [0.25, 0.3) is 0 Å². The van der Waals surface area contributed by atoms with E-state index in [4.69, 9.17) is 5.73 Å². The zero-order chi connectivity index (χ0) is 8.55. The predicted molar refractivity (Wildman–Crippen MR) is 46.5 cm³/mol. The smallest absolute Gasteiger partial charge is 0.221 e. The van der Waals surface area contributed by atoms with E-state index in [2.05, 4.69) is 12.1 Å². The lowest BCUT2D eigenvalue weighted by Gasteiger charge is -2.00. The molecule has 0 atom stereocenters. The van der Waals surface area contributed by atoms with Crippen LogP contribution in [0.4, 0.5) is 0 Å². The molecule has 2 rings (SSSR count). The van der Waals surface area contributed by atoms with Crippen LogP contribution < -0.4 is 5.73 Å². The van der Waals surface area contributed by atoms with Crippen molar-refractivity contribution in [3.63, 3.8) is 0 Å². The van der Waals surface area contributed by atoms with Gasteiger partial charge in [-0.25, -0.2) is 0 Å². The summed E-state index contributed by atoms with van der Waals surface area (Å²) in [6.45, 7) is 0. The fourth-order valence-corrected chi connectivity index (χ4v) is 1.76. The van der Waals surface area contributed by atoms with E-state index in [-0.39, 0.29) is 11.8 Å². The van der Waals surface area contributed by atoms with Gasteiger partial charge in [0.1, 0.15) is 0 Å². The van der Waals surface area contributed by atoms with Gasteiger partial charge in [-0.05, 0) is 24.0 Å². The highest BCUT2D eigenvalue weighted by Crippen LogP contribution is 2.25. The van der Waals surface area contributed by atoms with Gasteiger partial charge in [0, 0.05) is 5.92 Å². The number of nitrogens with two attached hydrogens (primary N) is 1. The average molecular weight is 161 g/mol. The quantitative estimate of drug-likeness (QED) is 0.653. The van der Waals surface area contributed by atoms with Crippen LogP contribution in [0, 0.1) is 5.92 Å². The first kappa shape index (κ1) is 7.35. The first-order valence-electron chi connectivity index (χ1n) is 4.13. The first-order valence-corrected chi connectivity index (χ1v) is 4.13. The van der Waals surface area contributed by atoms with Crippen molar-refractivity contribution >= 4 is 5.91 Å². The minimum atomic E-state index is -0.175. The number of carbonyl (C=O) groups is 1. The number of hydrogen-bond acceptors (Lipinski definition) is 1. The molecule has 1 aromatic carbocycles. The predicted octanol–water partition coefficient (Wildman–Crippen LogP) is 0.887. The minimum Gasteiger partial charge on any atom is -0.369 e. The molecular formula is C10H11NO. The Morgan fingerprint density at radius 3 is 2.17 bits per heavy atom. The second-order valence-corrected chi connectivity index (χ2v) is 3.28. The highest BCUT2D eigenvalue weighted by molar-refractivity contribution is 5.78. The van der Waals surface area contributed by atoms with Crippen molar-refractivity contribution in [2.24, 2.45) is 11.7 Å². The lowest BCUT2D eigenvalue weighted by molar-refractivity contribution is -0.121. The Balaban J connectivity index is 2.27. The number of fused-ring (bicyclic) bond motifs is 1. The third-order valence-corrected chi connectivity index (χ3v) is 2.45. The van der Waals surface area contributed by atoms with Crippen LogP contribution in [0.1, 0.15) is 11.1 Å². The van der Waals surface area contributed by atoms with Crippen LogP contribution in [0.25, 0.3) is 0 Å². The monoisotopic (exact) mass is 161 g/mol. The molecule has 0 aromatic heterocycles. The second-order valence-electron chi connectivity index (χ2n) is 3.28. The summed E-state index contributed by atoms with van der Waals surface area (Å²) in [7, 11) is 0. The fourth-order valence-electron chi connectivity index (χ4n) is 1.76. The summed E-state index contributed by atoms with van der Waals surface area (Å²) < 4.78 is 0. The molecule has 0 saturated carbocycles. The highest BCUT2D eigenvalue weighted by Gasteiger charge is 2.24. The van der Waals surface area contributed by atoms with Crippen molar-refractivity contribution in [3.8, 4) is 0 Å². The molecule has 1 aliphatic carbocycles. The molecule has 0 spiro atoms. The zero-order valence-corrected chi connectivity index (χ0v) is 6.79. The van der Waals surface area contributed by atoms with Gasteiger partial charge in [-0.1, -0.05) is 24.3 Å². The Kier molecular flexibility index (Phi) is 1.61. The van der Waals surface area contributed by atoms with E-state index >= 15 is 0 Å². The lowest BCUT2D eigenvalue weighted by atomic mass is 10.1. The van der Waals surface area contributed by atoms with Crippen molar-refractivity contribution in [2.45, 2.75) is 12.8 Å². The van der Waals surface area contributed by atoms with Crippen LogP contribution in [0.3, 0.4) is 0 Å². The molecule has 62 valence electrons. The lowest BCUT2D eigenvalue weighted by Crippen LogP contribution is -2.23. The van der Waals surface area contributed by atoms with E-state index in [1.54, 1.807) is 0 Å². The maximum absolute atomic E-state index is 10.9. The van der Waals surface area contributed by atoms with Gasteiger partial charge in [-0.2, -0.15) is 0 Å². The van der Waals surface area contributed by atoms with E-state index < -0.39 is 0 Å². The van der Waals surface area contributed by atoms with Crippen LogP contribution in [0.2, 0.25) is 0 Å².